The molecule has 0 aliphatic heterocycles. The van der Waals surface area contributed by atoms with Crippen molar-refractivity contribution in [2.45, 2.75) is 55.9 Å². The van der Waals surface area contributed by atoms with Gasteiger partial charge in [-0.15, -0.1) is 0 Å². The van der Waals surface area contributed by atoms with Crippen molar-refractivity contribution in [3.8, 4) is 0 Å². The van der Waals surface area contributed by atoms with E-state index in [1.807, 2.05) is 0 Å². The van der Waals surface area contributed by atoms with Crippen molar-refractivity contribution in [3.63, 3.8) is 0 Å². The second-order valence-corrected chi connectivity index (χ2v) is 8.19. The van der Waals surface area contributed by atoms with Crippen molar-refractivity contribution in [2.24, 2.45) is 0 Å². The standard InChI is InChI=1S/C17H22ClNO5S/c1-24-17(21)10-9-15(20)12-7-8-14(18)16(11-12)25(22,23)19-13-5-3-2-4-6-13/h7-8,11,13,19H,2-6,9-10H2,1H3. The number of benzene rings is 1. The minimum absolute atomic E-state index is 0.0517. The number of sulfonamides is 1. The van der Waals surface area contributed by atoms with Crippen molar-refractivity contribution >= 4 is 33.4 Å². The summed E-state index contributed by atoms with van der Waals surface area (Å²) in [4.78, 5) is 23.2. The molecule has 0 unspecified atom stereocenters. The largest absolute Gasteiger partial charge is 0.469 e. The van der Waals surface area contributed by atoms with Crippen molar-refractivity contribution in [1.82, 2.24) is 4.72 Å². The molecule has 0 atom stereocenters. The van der Waals surface area contributed by atoms with Crippen LogP contribution in [0, 0.1) is 0 Å². The van der Waals surface area contributed by atoms with Gasteiger partial charge < -0.3 is 4.74 Å². The SMILES string of the molecule is COC(=O)CCC(=O)c1ccc(Cl)c(S(=O)(=O)NC2CCCCC2)c1. The highest BCUT2D eigenvalue weighted by molar-refractivity contribution is 7.89. The van der Waals surface area contributed by atoms with E-state index < -0.39 is 16.0 Å². The summed E-state index contributed by atoms with van der Waals surface area (Å²) in [6.07, 6.45) is 4.59. The number of ketones is 1. The van der Waals surface area contributed by atoms with Gasteiger partial charge in [0.05, 0.1) is 18.6 Å². The Morgan fingerprint density at radius 1 is 1.20 bits per heavy atom. The molecule has 8 heteroatoms. The number of halogens is 1. The van der Waals surface area contributed by atoms with Gasteiger partial charge in [0.25, 0.3) is 0 Å². The maximum atomic E-state index is 12.6. The topological polar surface area (TPSA) is 89.5 Å². The average molecular weight is 388 g/mol. The maximum absolute atomic E-state index is 12.6. The first-order valence-electron chi connectivity index (χ1n) is 8.25. The van der Waals surface area contributed by atoms with Gasteiger partial charge in [0.2, 0.25) is 10.0 Å². The van der Waals surface area contributed by atoms with Crippen LogP contribution in [0.4, 0.5) is 0 Å². The minimum atomic E-state index is -3.81. The molecule has 1 aliphatic carbocycles. The van der Waals surface area contributed by atoms with Crippen molar-refractivity contribution in [1.29, 1.82) is 0 Å². The Morgan fingerprint density at radius 3 is 2.52 bits per heavy atom. The molecular formula is C17H22ClNO5S. The van der Waals surface area contributed by atoms with E-state index in [9.17, 15) is 18.0 Å². The van der Waals surface area contributed by atoms with E-state index >= 15 is 0 Å². The molecule has 0 saturated heterocycles. The van der Waals surface area contributed by atoms with Gasteiger partial charge in [-0.3, -0.25) is 9.59 Å². The van der Waals surface area contributed by atoms with E-state index in [4.69, 9.17) is 11.6 Å². The third kappa shape index (κ3) is 5.52. The zero-order chi connectivity index (χ0) is 18.4. The fourth-order valence-electron chi connectivity index (χ4n) is 2.85. The van der Waals surface area contributed by atoms with Crippen molar-refractivity contribution in [3.05, 3.63) is 28.8 Å². The molecule has 1 N–H and O–H groups in total. The number of carbonyl (C=O) groups excluding carboxylic acids is 2. The number of carbonyl (C=O) groups is 2. The average Bonchev–Trinajstić information content (AvgIpc) is 2.60. The molecule has 1 aromatic carbocycles. The minimum Gasteiger partial charge on any atom is -0.469 e. The molecule has 1 fully saturated rings. The van der Waals surface area contributed by atoms with E-state index in [-0.39, 0.29) is 40.1 Å². The third-order valence-corrected chi connectivity index (χ3v) is 6.26. The molecule has 138 valence electrons. The number of rotatable bonds is 7. The number of nitrogens with one attached hydrogen (secondary N) is 1. The van der Waals surface area contributed by atoms with E-state index in [2.05, 4.69) is 9.46 Å². The molecule has 2 rings (SSSR count). The first-order chi connectivity index (χ1) is 11.8. The Labute approximate surface area is 152 Å². The second-order valence-electron chi connectivity index (χ2n) is 6.10. The Bertz CT molecular complexity index is 741. The van der Waals surface area contributed by atoms with Gasteiger partial charge in [0, 0.05) is 18.0 Å². The first-order valence-corrected chi connectivity index (χ1v) is 10.1. The normalized spacial score (nSPS) is 15.8. The molecule has 25 heavy (non-hydrogen) atoms. The summed E-state index contributed by atoms with van der Waals surface area (Å²) in [5.74, 6) is -0.828. The van der Waals surface area contributed by atoms with E-state index in [0.717, 1.165) is 32.1 Å². The van der Waals surface area contributed by atoms with Gasteiger partial charge in [-0.25, -0.2) is 13.1 Å². The molecular weight excluding hydrogens is 366 g/mol. The fourth-order valence-corrected chi connectivity index (χ4v) is 4.68. The zero-order valence-electron chi connectivity index (χ0n) is 14.1. The number of ether oxygens (including phenoxy) is 1. The summed E-state index contributed by atoms with van der Waals surface area (Å²) in [6, 6.07) is 4.02. The molecule has 0 bridgehead atoms. The van der Waals surface area contributed by atoms with Gasteiger partial charge in [-0.05, 0) is 31.0 Å². The quantitative estimate of drug-likeness (QED) is 0.573. The van der Waals surface area contributed by atoms with E-state index in [1.54, 1.807) is 0 Å². The van der Waals surface area contributed by atoms with Crippen LogP contribution in [-0.2, 0) is 19.6 Å². The lowest BCUT2D eigenvalue weighted by Crippen LogP contribution is -2.36. The highest BCUT2D eigenvalue weighted by Crippen LogP contribution is 2.26. The number of methoxy groups -OCH3 is 1. The smallest absolute Gasteiger partial charge is 0.305 e. The highest BCUT2D eigenvalue weighted by atomic mass is 35.5. The number of hydrogen-bond donors (Lipinski definition) is 1. The number of Topliss-reactive ketones (excluding diaryl/α,β-unsaturated/α-hetero) is 1. The molecule has 1 aromatic rings. The van der Waals surface area contributed by atoms with Gasteiger partial charge >= 0.3 is 5.97 Å². The Kier molecular flexibility index (Phi) is 6.98. The lowest BCUT2D eigenvalue weighted by molar-refractivity contribution is -0.140. The number of esters is 1. The van der Waals surface area contributed by atoms with Gasteiger partial charge in [-0.2, -0.15) is 0 Å². The van der Waals surface area contributed by atoms with Crippen LogP contribution < -0.4 is 4.72 Å². The summed E-state index contributed by atoms with van der Waals surface area (Å²) in [6.45, 7) is 0. The molecule has 0 heterocycles. The third-order valence-electron chi connectivity index (χ3n) is 4.25. The van der Waals surface area contributed by atoms with Crippen LogP contribution in [-0.4, -0.2) is 33.3 Å². The summed E-state index contributed by atoms with van der Waals surface area (Å²) in [7, 11) is -2.56. The molecule has 1 saturated carbocycles. The van der Waals surface area contributed by atoms with Crippen LogP contribution in [0.2, 0.25) is 5.02 Å². The molecule has 6 nitrogen and oxygen atoms in total. The maximum Gasteiger partial charge on any atom is 0.305 e. The lowest BCUT2D eigenvalue weighted by atomic mass is 9.96. The van der Waals surface area contributed by atoms with Crippen LogP contribution in [0.15, 0.2) is 23.1 Å². The molecule has 0 amide bonds. The molecule has 0 aromatic heterocycles. The highest BCUT2D eigenvalue weighted by Gasteiger charge is 2.25. The summed E-state index contributed by atoms with van der Waals surface area (Å²) in [5.41, 5.74) is 0.206. The van der Waals surface area contributed by atoms with E-state index in [1.165, 1.54) is 25.3 Å². The second kappa shape index (κ2) is 8.78. The fraction of sp³-hybridized carbons (Fsp3) is 0.529. The van der Waals surface area contributed by atoms with Gasteiger partial charge in [0.1, 0.15) is 4.90 Å². The Morgan fingerprint density at radius 2 is 1.88 bits per heavy atom. The van der Waals surface area contributed by atoms with E-state index in [0.29, 0.717) is 0 Å². The number of hydrogen-bond acceptors (Lipinski definition) is 5. The van der Waals surface area contributed by atoms with Crippen LogP contribution >= 0.6 is 11.6 Å². The molecule has 0 radical (unpaired) electrons. The van der Waals surface area contributed by atoms with Crippen LogP contribution in [0.3, 0.4) is 0 Å². The summed E-state index contributed by atoms with van der Waals surface area (Å²) in [5, 5.41) is 0.0628. The van der Waals surface area contributed by atoms with Crippen LogP contribution in [0.5, 0.6) is 0 Å². The van der Waals surface area contributed by atoms with Crippen molar-refractivity contribution < 1.29 is 22.7 Å². The first kappa shape index (κ1) is 19.9. The predicted molar refractivity (Wildman–Crippen MR) is 94.2 cm³/mol. The van der Waals surface area contributed by atoms with Crippen LogP contribution in [0.25, 0.3) is 0 Å². The monoisotopic (exact) mass is 387 g/mol. The van der Waals surface area contributed by atoms with Gasteiger partial charge in [-0.1, -0.05) is 30.9 Å². The van der Waals surface area contributed by atoms with Crippen LogP contribution in [0.1, 0.15) is 55.3 Å². The predicted octanol–water partition coefficient (Wildman–Crippen LogP) is 3.09. The van der Waals surface area contributed by atoms with Crippen molar-refractivity contribution in [2.75, 3.05) is 7.11 Å². The lowest BCUT2D eigenvalue weighted by Gasteiger charge is -2.23. The molecule has 1 aliphatic rings. The summed E-state index contributed by atoms with van der Waals surface area (Å²) < 4.78 is 32.4. The van der Waals surface area contributed by atoms with Gasteiger partial charge in [0.15, 0.2) is 5.78 Å². The Hall–Kier alpha value is -1.44. The Balaban J connectivity index is 2.16. The zero-order valence-corrected chi connectivity index (χ0v) is 15.7. The summed E-state index contributed by atoms with van der Waals surface area (Å²) >= 11 is 6.05. The molecule has 0 spiro atoms.